The number of carboxylic acid groups (broad SMARTS) is 1. The van der Waals surface area contributed by atoms with Crippen LogP contribution >= 0.6 is 0 Å². The number of carbonyl (C=O) groups is 2. The van der Waals surface area contributed by atoms with Gasteiger partial charge in [-0.1, -0.05) is 13.2 Å². The molecule has 0 aromatic rings. The first-order valence-electron chi connectivity index (χ1n) is 5.48. The van der Waals surface area contributed by atoms with Gasteiger partial charge >= 0.3 is 18.2 Å². The number of hydrogen-bond donors (Lipinski definition) is 1. The van der Waals surface area contributed by atoms with E-state index in [-0.39, 0.29) is 5.57 Å². The lowest BCUT2D eigenvalue weighted by molar-refractivity contribution is -0.164. The molecule has 6 heteroatoms. The minimum absolute atomic E-state index is 0.176. The highest BCUT2D eigenvalue weighted by molar-refractivity contribution is 5.87. The number of esters is 1. The highest BCUT2D eigenvalue weighted by Crippen LogP contribution is 1.97. The minimum atomic E-state index is -0.935. The summed E-state index contributed by atoms with van der Waals surface area (Å²) in [5.41, 5.74) is 0.555. The van der Waals surface area contributed by atoms with Crippen LogP contribution in [-0.4, -0.2) is 37.6 Å². The van der Waals surface area contributed by atoms with E-state index in [1.807, 2.05) is 0 Å². The molecule has 0 aliphatic rings. The lowest BCUT2D eigenvalue weighted by atomic mass is 10.4. The monoisotopic (exact) mass is 287 g/mol. The van der Waals surface area contributed by atoms with Gasteiger partial charge in [0, 0.05) is 18.3 Å². The molecule has 0 heterocycles. The van der Waals surface area contributed by atoms with Gasteiger partial charge in [-0.05, 0) is 20.8 Å². The zero-order valence-electron chi connectivity index (χ0n) is 12.6. The molecule has 0 aliphatic carbocycles. The van der Waals surface area contributed by atoms with Crippen LogP contribution in [0.5, 0.6) is 0 Å². The van der Waals surface area contributed by atoms with Crippen molar-refractivity contribution >= 4 is 11.9 Å². The fourth-order valence-electron chi connectivity index (χ4n) is 0.299. The number of rotatable bonds is 5. The molecule has 0 aromatic heterocycles. The van der Waals surface area contributed by atoms with E-state index in [0.717, 1.165) is 6.26 Å². The molecule has 1 N–H and O–H groups in total. The Bertz CT molecular complexity index is 321. The van der Waals surface area contributed by atoms with Crippen LogP contribution in [0.25, 0.3) is 0 Å². The van der Waals surface area contributed by atoms with Crippen molar-refractivity contribution in [2.24, 2.45) is 0 Å². The van der Waals surface area contributed by atoms with Gasteiger partial charge < -0.3 is 19.3 Å². The van der Waals surface area contributed by atoms with E-state index in [2.05, 4.69) is 29.2 Å². The molecule has 0 amide bonds. The van der Waals surface area contributed by atoms with Gasteiger partial charge in [-0.2, -0.15) is 0 Å². The topological polar surface area (TPSA) is 82.1 Å². The Kier molecular flexibility index (Phi) is 17.1. The Morgan fingerprint density at radius 1 is 1.20 bits per heavy atom. The third-order valence-electron chi connectivity index (χ3n) is 1.45. The van der Waals surface area contributed by atoms with Crippen LogP contribution in [0.3, 0.4) is 0 Å². The number of methoxy groups -OCH3 is 2. The first kappa shape index (κ1) is 23.0. The largest absolute Gasteiger partial charge is 0.478 e. The zero-order chi connectivity index (χ0) is 16.7. The Hall–Kier alpha value is -2.17. The third-order valence-corrected chi connectivity index (χ3v) is 1.45. The fourth-order valence-corrected chi connectivity index (χ4v) is 0.299. The van der Waals surface area contributed by atoms with Gasteiger partial charge in [0.15, 0.2) is 6.29 Å². The molecule has 0 saturated heterocycles. The quantitative estimate of drug-likeness (QED) is 0.275. The number of ether oxygens (including phenoxy) is 3. The van der Waals surface area contributed by atoms with Gasteiger partial charge in [0.05, 0.1) is 7.11 Å². The molecule has 6 nitrogen and oxygen atoms in total. The minimum Gasteiger partial charge on any atom is -0.478 e. The summed E-state index contributed by atoms with van der Waals surface area (Å²) in [6, 6.07) is 0. The summed E-state index contributed by atoms with van der Waals surface area (Å²) in [6.07, 6.45) is 0.629. The van der Waals surface area contributed by atoms with Crippen LogP contribution in [0, 0.1) is 6.58 Å². The zero-order valence-corrected chi connectivity index (χ0v) is 12.6. The van der Waals surface area contributed by atoms with Crippen LogP contribution < -0.4 is 0 Å². The van der Waals surface area contributed by atoms with E-state index in [0.29, 0.717) is 5.57 Å². The van der Waals surface area contributed by atoms with E-state index in [4.69, 9.17) is 9.84 Å². The fraction of sp³-hybridized carbons (Fsp3) is 0.429. The van der Waals surface area contributed by atoms with Crippen molar-refractivity contribution in [3.8, 4) is 0 Å². The molecular weight excluding hydrogens is 264 g/mol. The van der Waals surface area contributed by atoms with Crippen LogP contribution in [0.2, 0.25) is 0 Å². The van der Waals surface area contributed by atoms with E-state index in [1.165, 1.54) is 21.1 Å². The molecule has 1 atom stereocenters. The van der Waals surface area contributed by atoms with Crippen molar-refractivity contribution in [1.82, 2.24) is 0 Å². The molecule has 0 spiro atoms. The van der Waals surface area contributed by atoms with Crippen molar-refractivity contribution in [2.45, 2.75) is 27.1 Å². The molecule has 0 rings (SSSR count). The predicted octanol–water partition coefficient (Wildman–Crippen LogP) is 2.32. The highest BCUT2D eigenvalue weighted by Gasteiger charge is 2.07. The molecule has 0 saturated carbocycles. The van der Waals surface area contributed by atoms with Crippen molar-refractivity contribution in [3.63, 3.8) is 0 Å². The van der Waals surface area contributed by atoms with Crippen molar-refractivity contribution in [1.29, 1.82) is 0 Å². The smallest absolute Gasteiger partial charge is 0.335 e. The molecule has 0 fully saturated rings. The van der Waals surface area contributed by atoms with Crippen molar-refractivity contribution in [2.75, 3.05) is 14.2 Å². The Balaban J connectivity index is -0.000000246. The van der Waals surface area contributed by atoms with Gasteiger partial charge in [0.25, 0.3) is 0 Å². The normalized spacial score (nSPS) is 9.40. The number of hydrogen-bond acceptors (Lipinski definition) is 5. The van der Waals surface area contributed by atoms with Crippen molar-refractivity contribution in [3.05, 3.63) is 37.1 Å². The van der Waals surface area contributed by atoms with Gasteiger partial charge in [-0.3, -0.25) is 0 Å². The van der Waals surface area contributed by atoms with Crippen LogP contribution in [0.1, 0.15) is 20.8 Å². The van der Waals surface area contributed by atoms with E-state index in [1.54, 1.807) is 13.8 Å². The maximum absolute atomic E-state index is 10.7. The summed E-state index contributed by atoms with van der Waals surface area (Å²) >= 11 is 0. The molecule has 114 valence electrons. The van der Waals surface area contributed by atoms with E-state index >= 15 is 0 Å². The third kappa shape index (κ3) is 21.1. The van der Waals surface area contributed by atoms with Crippen LogP contribution in [-0.2, 0) is 23.8 Å². The number of carboxylic acids is 1. The van der Waals surface area contributed by atoms with Gasteiger partial charge in [0.2, 0.25) is 6.58 Å². The average Bonchev–Trinajstić information content (AvgIpc) is 2.39. The van der Waals surface area contributed by atoms with E-state index < -0.39 is 18.2 Å². The van der Waals surface area contributed by atoms with Gasteiger partial charge in [0.1, 0.15) is 0 Å². The summed E-state index contributed by atoms with van der Waals surface area (Å²) < 4.78 is 13.6. The van der Waals surface area contributed by atoms with Crippen molar-refractivity contribution < 1.29 is 28.9 Å². The SMILES string of the molecule is C=C(C)C(=O)O.C=C(C)C(=O)OC(C)OC.[CH+]=COC. The first-order chi connectivity index (χ1) is 9.13. The van der Waals surface area contributed by atoms with Gasteiger partial charge in [-0.15, -0.1) is 0 Å². The second-order valence-corrected chi connectivity index (χ2v) is 3.45. The standard InChI is InChI=1S/C7H12O3.C4H6O2.C3H5O/c1-5(2)7(8)10-6(3)9-4;1-3(2)4(5)6;1-3-4-2/h6H,1H2,2-4H3;1H2,2H3,(H,5,6);1,3H,2H3/q;;+1. The van der Waals surface area contributed by atoms with Crippen LogP contribution in [0.4, 0.5) is 0 Å². The second kappa shape index (κ2) is 14.9. The summed E-state index contributed by atoms with van der Waals surface area (Å²) in [6.45, 7) is 15.9. The highest BCUT2D eigenvalue weighted by atomic mass is 16.7. The average molecular weight is 287 g/mol. The van der Waals surface area contributed by atoms with E-state index in [9.17, 15) is 9.59 Å². The molecule has 0 radical (unpaired) electrons. The summed E-state index contributed by atoms with van der Waals surface area (Å²) in [4.78, 5) is 20.3. The molecule has 0 aliphatic heterocycles. The lowest BCUT2D eigenvalue weighted by Gasteiger charge is -2.09. The Morgan fingerprint density at radius 3 is 1.70 bits per heavy atom. The maximum Gasteiger partial charge on any atom is 0.335 e. The number of aliphatic carboxylic acids is 1. The molecule has 20 heavy (non-hydrogen) atoms. The second-order valence-electron chi connectivity index (χ2n) is 3.45. The first-order valence-corrected chi connectivity index (χ1v) is 5.48. The van der Waals surface area contributed by atoms with Crippen LogP contribution in [0.15, 0.2) is 30.6 Å². The molecular formula is C14H23O6+. The predicted molar refractivity (Wildman–Crippen MR) is 75.7 cm³/mol. The Morgan fingerprint density at radius 2 is 1.55 bits per heavy atom. The molecule has 0 bridgehead atoms. The summed E-state index contributed by atoms with van der Waals surface area (Å²) in [5, 5.41) is 7.89. The molecule has 1 unspecified atom stereocenters. The summed E-state index contributed by atoms with van der Waals surface area (Å²) in [7, 11) is 2.97. The molecule has 0 aromatic carbocycles. The maximum atomic E-state index is 10.7. The number of carbonyl (C=O) groups excluding carboxylic acids is 1. The summed E-state index contributed by atoms with van der Waals surface area (Å²) in [5.74, 6) is -1.36. The Labute approximate surface area is 120 Å². The lowest BCUT2D eigenvalue weighted by Crippen LogP contribution is -2.16. The van der Waals surface area contributed by atoms with Gasteiger partial charge in [-0.25, -0.2) is 9.59 Å².